The molecule has 8 heteroatoms. The first-order valence-electron chi connectivity index (χ1n) is 11.4. The second-order valence-corrected chi connectivity index (χ2v) is 9.12. The van der Waals surface area contributed by atoms with Crippen molar-refractivity contribution >= 4 is 28.4 Å². The minimum Gasteiger partial charge on any atom is -0.497 e. The van der Waals surface area contributed by atoms with Crippen molar-refractivity contribution in [1.29, 1.82) is 0 Å². The number of rotatable bonds is 5. The van der Waals surface area contributed by atoms with Gasteiger partial charge in [0.05, 0.1) is 24.9 Å². The van der Waals surface area contributed by atoms with Crippen molar-refractivity contribution < 1.29 is 13.9 Å². The molecule has 0 bridgehead atoms. The van der Waals surface area contributed by atoms with Crippen LogP contribution in [0.5, 0.6) is 5.75 Å². The molecule has 1 amide bonds. The van der Waals surface area contributed by atoms with E-state index in [0.29, 0.717) is 42.0 Å². The summed E-state index contributed by atoms with van der Waals surface area (Å²) in [6.07, 6.45) is 3.82. The van der Waals surface area contributed by atoms with E-state index in [4.69, 9.17) is 16.3 Å². The Balaban J connectivity index is 1.30. The maximum atomic E-state index is 13.4. The summed E-state index contributed by atoms with van der Waals surface area (Å²) in [7, 11) is 1.67. The molecule has 4 aromatic rings. The predicted molar refractivity (Wildman–Crippen MR) is 130 cm³/mol. The number of piperidine rings is 1. The zero-order valence-corrected chi connectivity index (χ0v) is 19.9. The lowest BCUT2D eigenvalue weighted by atomic mass is 9.89. The van der Waals surface area contributed by atoms with Gasteiger partial charge in [0.15, 0.2) is 0 Å². The van der Waals surface area contributed by atoms with Crippen LogP contribution in [0.3, 0.4) is 0 Å². The summed E-state index contributed by atoms with van der Waals surface area (Å²) >= 11 is 6.59. The third-order valence-corrected chi connectivity index (χ3v) is 7.05. The Morgan fingerprint density at radius 3 is 2.65 bits per heavy atom. The summed E-state index contributed by atoms with van der Waals surface area (Å²) in [5, 5.41) is 5.97. The zero-order chi connectivity index (χ0) is 23.8. The van der Waals surface area contributed by atoms with Crippen LogP contribution in [-0.2, 0) is 6.54 Å². The number of fused-ring (bicyclic) bond motifs is 1. The van der Waals surface area contributed by atoms with Crippen molar-refractivity contribution in [3.05, 3.63) is 82.0 Å². The van der Waals surface area contributed by atoms with Gasteiger partial charge in [-0.25, -0.2) is 9.07 Å². The van der Waals surface area contributed by atoms with Gasteiger partial charge in [0.1, 0.15) is 16.7 Å². The van der Waals surface area contributed by atoms with Crippen LogP contribution in [0.1, 0.15) is 45.9 Å². The normalized spacial score (nSPS) is 14.6. The highest BCUT2D eigenvalue weighted by molar-refractivity contribution is 6.33. The largest absolute Gasteiger partial charge is 0.497 e. The number of nitrogens with zero attached hydrogens (tertiary/aromatic N) is 3. The van der Waals surface area contributed by atoms with E-state index in [-0.39, 0.29) is 11.7 Å². The number of ether oxygens (including phenoxy) is 1. The minimum absolute atomic E-state index is 0.0908. The molecule has 0 atom stereocenters. The monoisotopic (exact) mass is 480 g/mol. The number of aromatic amines is 1. The van der Waals surface area contributed by atoms with E-state index < -0.39 is 0 Å². The summed E-state index contributed by atoms with van der Waals surface area (Å²) in [6.45, 7) is 3.48. The van der Waals surface area contributed by atoms with E-state index in [9.17, 15) is 9.18 Å². The van der Waals surface area contributed by atoms with Crippen LogP contribution in [0.15, 0.2) is 48.7 Å². The average Bonchev–Trinajstić information content (AvgIpc) is 3.39. The van der Waals surface area contributed by atoms with Gasteiger partial charge in [0.2, 0.25) is 0 Å². The number of likely N-dealkylation sites (tertiary alicyclic amines) is 1. The van der Waals surface area contributed by atoms with E-state index >= 15 is 0 Å². The fourth-order valence-electron chi connectivity index (χ4n) is 4.80. The van der Waals surface area contributed by atoms with Crippen molar-refractivity contribution in [3.63, 3.8) is 0 Å². The van der Waals surface area contributed by atoms with Gasteiger partial charge in [-0.15, -0.1) is 0 Å². The third-order valence-electron chi connectivity index (χ3n) is 6.67. The Hall–Kier alpha value is -3.32. The Morgan fingerprint density at radius 2 is 1.94 bits per heavy atom. The lowest BCUT2D eigenvalue weighted by Crippen LogP contribution is -2.38. The van der Waals surface area contributed by atoms with E-state index in [1.807, 2.05) is 17.0 Å². The molecular formula is C26H26ClFN4O2. The number of aryl methyl sites for hydroxylation is 1. The van der Waals surface area contributed by atoms with Crippen molar-refractivity contribution in [1.82, 2.24) is 19.7 Å². The fraction of sp³-hybridized carbons (Fsp3) is 0.308. The Kier molecular flexibility index (Phi) is 6.04. The summed E-state index contributed by atoms with van der Waals surface area (Å²) in [6, 6.07) is 12.2. The molecule has 0 saturated carbocycles. The number of nitrogens with one attached hydrogen (secondary N) is 1. The van der Waals surface area contributed by atoms with Gasteiger partial charge in [0.25, 0.3) is 5.91 Å². The average molecular weight is 481 g/mol. The van der Waals surface area contributed by atoms with E-state index in [1.54, 1.807) is 30.8 Å². The van der Waals surface area contributed by atoms with E-state index in [0.717, 1.165) is 29.7 Å². The molecule has 2 aromatic carbocycles. The molecule has 5 rings (SSSR count). The molecule has 1 fully saturated rings. The van der Waals surface area contributed by atoms with Crippen LogP contribution in [0.4, 0.5) is 4.39 Å². The second kappa shape index (κ2) is 9.14. The molecule has 1 aliphatic heterocycles. The number of carbonyl (C=O) groups is 1. The van der Waals surface area contributed by atoms with Crippen LogP contribution < -0.4 is 4.74 Å². The topological polar surface area (TPSA) is 63.1 Å². The number of carbonyl (C=O) groups excluding carboxylic acids is 1. The van der Waals surface area contributed by atoms with Crippen molar-refractivity contribution in [2.75, 3.05) is 20.2 Å². The third kappa shape index (κ3) is 4.16. The number of methoxy groups -OCH3 is 1. The minimum atomic E-state index is -0.294. The first kappa shape index (κ1) is 22.5. The molecule has 0 aliphatic carbocycles. The molecule has 34 heavy (non-hydrogen) atoms. The van der Waals surface area contributed by atoms with Crippen molar-refractivity contribution in [2.24, 2.45) is 0 Å². The lowest BCUT2D eigenvalue weighted by Gasteiger charge is -2.32. The Bertz CT molecular complexity index is 1340. The molecule has 6 nitrogen and oxygen atoms in total. The van der Waals surface area contributed by atoms with Crippen LogP contribution >= 0.6 is 11.6 Å². The van der Waals surface area contributed by atoms with Crippen LogP contribution in [0.2, 0.25) is 5.15 Å². The summed E-state index contributed by atoms with van der Waals surface area (Å²) < 4.78 is 20.2. The van der Waals surface area contributed by atoms with Crippen molar-refractivity contribution in [2.45, 2.75) is 32.2 Å². The molecule has 0 unspecified atom stereocenters. The molecule has 1 N–H and O–H groups in total. The van der Waals surface area contributed by atoms with Crippen LogP contribution in [0.25, 0.3) is 10.9 Å². The highest BCUT2D eigenvalue weighted by atomic mass is 35.5. The summed E-state index contributed by atoms with van der Waals surface area (Å²) in [5.74, 6) is 0.816. The standard InChI is InChI=1S/C26H26ClFN4O2/c1-16-24(25(27)32(30-16)15-17-3-5-19(28)6-4-17)26(33)31-11-9-18(10-12-31)22-14-29-23-8-7-20(34-2)13-21(22)23/h3-8,13-14,18,29H,9-12,15H2,1-2H3. The van der Waals surface area contributed by atoms with Gasteiger partial charge >= 0.3 is 0 Å². The molecule has 1 saturated heterocycles. The van der Waals surface area contributed by atoms with Gasteiger partial charge in [-0.05, 0) is 67.1 Å². The lowest BCUT2D eigenvalue weighted by molar-refractivity contribution is 0.0712. The van der Waals surface area contributed by atoms with E-state index in [2.05, 4.69) is 22.3 Å². The fourth-order valence-corrected chi connectivity index (χ4v) is 5.12. The van der Waals surface area contributed by atoms with Crippen LogP contribution in [0, 0.1) is 12.7 Å². The number of aromatic nitrogens is 3. The second-order valence-electron chi connectivity index (χ2n) is 8.76. The highest BCUT2D eigenvalue weighted by Gasteiger charge is 2.30. The molecule has 0 spiro atoms. The van der Waals surface area contributed by atoms with Gasteiger partial charge in [-0.2, -0.15) is 5.10 Å². The number of benzene rings is 2. The number of amides is 1. The summed E-state index contributed by atoms with van der Waals surface area (Å²) in [4.78, 5) is 18.6. The van der Waals surface area contributed by atoms with Gasteiger partial charge in [0, 0.05) is 30.2 Å². The number of halogens is 2. The first-order valence-corrected chi connectivity index (χ1v) is 11.7. The highest BCUT2D eigenvalue weighted by Crippen LogP contribution is 2.35. The predicted octanol–water partition coefficient (Wildman–Crippen LogP) is 5.54. The quantitative estimate of drug-likeness (QED) is 0.408. The van der Waals surface area contributed by atoms with Gasteiger partial charge in [-0.3, -0.25) is 4.79 Å². The molecule has 1 aliphatic rings. The zero-order valence-electron chi connectivity index (χ0n) is 19.1. The number of H-pyrrole nitrogens is 1. The van der Waals surface area contributed by atoms with Gasteiger partial charge < -0.3 is 14.6 Å². The smallest absolute Gasteiger partial charge is 0.258 e. The maximum absolute atomic E-state index is 13.4. The SMILES string of the molecule is COc1ccc2[nH]cc(C3CCN(C(=O)c4c(C)nn(Cc5ccc(F)cc5)c4Cl)CC3)c2c1. The Labute approximate surface area is 202 Å². The summed E-state index contributed by atoms with van der Waals surface area (Å²) in [5.41, 5.74) is 4.26. The number of hydrogen-bond acceptors (Lipinski definition) is 3. The molecule has 2 aromatic heterocycles. The Morgan fingerprint density at radius 1 is 1.21 bits per heavy atom. The molecule has 3 heterocycles. The first-order chi connectivity index (χ1) is 16.4. The maximum Gasteiger partial charge on any atom is 0.258 e. The molecule has 0 radical (unpaired) electrons. The molecular weight excluding hydrogens is 455 g/mol. The van der Waals surface area contributed by atoms with Crippen molar-refractivity contribution in [3.8, 4) is 5.75 Å². The van der Waals surface area contributed by atoms with Gasteiger partial charge in [-0.1, -0.05) is 23.7 Å². The number of hydrogen-bond donors (Lipinski definition) is 1. The van der Waals surface area contributed by atoms with E-state index in [1.165, 1.54) is 23.1 Å². The molecule has 176 valence electrons. The van der Waals surface area contributed by atoms with Crippen LogP contribution in [-0.4, -0.2) is 45.8 Å².